The summed E-state index contributed by atoms with van der Waals surface area (Å²) in [5, 5.41) is 0. The molecule has 0 spiro atoms. The summed E-state index contributed by atoms with van der Waals surface area (Å²) in [5.74, 6) is 0.824. The fraction of sp³-hybridized carbons (Fsp3) is 0.308. The van der Waals surface area contributed by atoms with Crippen molar-refractivity contribution in [3.63, 3.8) is 0 Å². The van der Waals surface area contributed by atoms with Crippen LogP contribution >= 0.6 is 12.2 Å². The Morgan fingerprint density at radius 3 is 2.71 bits per heavy atom. The molecule has 88 valence electrons. The van der Waals surface area contributed by atoms with Gasteiger partial charge in [-0.15, -0.1) is 0 Å². The minimum Gasteiger partial charge on any atom is -0.343 e. The van der Waals surface area contributed by atoms with E-state index in [0.717, 1.165) is 34.6 Å². The van der Waals surface area contributed by atoms with E-state index in [4.69, 9.17) is 12.2 Å². The zero-order valence-corrected chi connectivity index (χ0v) is 11.1. The Balaban J connectivity index is 2.63. The quantitative estimate of drug-likeness (QED) is 0.825. The van der Waals surface area contributed by atoms with E-state index >= 15 is 0 Å². The number of H-pyrrole nitrogens is 1. The molecule has 0 aromatic carbocycles. The van der Waals surface area contributed by atoms with Crippen LogP contribution in [0.15, 0.2) is 18.5 Å². The summed E-state index contributed by atoms with van der Waals surface area (Å²) in [5.41, 5.74) is 4.36. The van der Waals surface area contributed by atoms with E-state index in [2.05, 4.69) is 21.9 Å². The molecule has 4 heteroatoms. The average Bonchev–Trinajstić information content (AvgIpc) is 2.29. The Morgan fingerprint density at radius 2 is 2.12 bits per heavy atom. The third-order valence-corrected chi connectivity index (χ3v) is 3.20. The van der Waals surface area contributed by atoms with Gasteiger partial charge in [0.25, 0.3) is 0 Å². The molecule has 0 saturated carbocycles. The second-order valence-corrected chi connectivity index (χ2v) is 4.42. The van der Waals surface area contributed by atoms with E-state index < -0.39 is 0 Å². The fourth-order valence-electron chi connectivity index (χ4n) is 1.89. The number of nitrogens with zero attached hydrogens (tertiary/aromatic N) is 2. The molecule has 0 fully saturated rings. The zero-order chi connectivity index (χ0) is 12.4. The average molecular weight is 245 g/mol. The number of aromatic amines is 1. The molecular formula is C13H15N3S. The SMILES string of the molecule is CCc1c(C)[nH]c(-c2ccncc2C)nc1=S. The largest absolute Gasteiger partial charge is 0.343 e. The molecule has 0 amide bonds. The van der Waals surface area contributed by atoms with Crippen molar-refractivity contribution in [2.75, 3.05) is 0 Å². The highest BCUT2D eigenvalue weighted by molar-refractivity contribution is 7.71. The maximum atomic E-state index is 5.32. The van der Waals surface area contributed by atoms with Crippen molar-refractivity contribution in [1.29, 1.82) is 0 Å². The van der Waals surface area contributed by atoms with E-state index in [1.54, 1.807) is 6.20 Å². The first-order chi connectivity index (χ1) is 8.13. The van der Waals surface area contributed by atoms with Crippen molar-refractivity contribution in [3.05, 3.63) is 39.9 Å². The number of pyridine rings is 1. The lowest BCUT2D eigenvalue weighted by molar-refractivity contribution is 0.987. The van der Waals surface area contributed by atoms with Crippen LogP contribution in [-0.2, 0) is 6.42 Å². The summed E-state index contributed by atoms with van der Waals surface area (Å²) in [4.78, 5) is 11.9. The van der Waals surface area contributed by atoms with Crippen LogP contribution in [0.25, 0.3) is 11.4 Å². The summed E-state index contributed by atoms with van der Waals surface area (Å²) in [6.07, 6.45) is 4.50. The number of nitrogens with one attached hydrogen (secondary N) is 1. The standard InChI is InChI=1S/C13H15N3S/c1-4-10-9(3)15-12(16-13(10)17)11-5-6-14-7-8(11)2/h5-7H,4H2,1-3H3,(H,15,16,17). The molecule has 2 aromatic rings. The predicted octanol–water partition coefficient (Wildman–Crippen LogP) is 3.38. The zero-order valence-electron chi connectivity index (χ0n) is 10.2. The third kappa shape index (κ3) is 2.26. The van der Waals surface area contributed by atoms with E-state index in [9.17, 15) is 0 Å². The van der Waals surface area contributed by atoms with Gasteiger partial charge in [-0.3, -0.25) is 4.98 Å². The Kier molecular flexibility index (Phi) is 3.33. The first kappa shape index (κ1) is 11.9. The lowest BCUT2D eigenvalue weighted by atomic mass is 10.1. The summed E-state index contributed by atoms with van der Waals surface area (Å²) in [7, 11) is 0. The molecule has 1 N–H and O–H groups in total. The van der Waals surface area contributed by atoms with Crippen LogP contribution in [0.4, 0.5) is 0 Å². The Morgan fingerprint density at radius 1 is 1.35 bits per heavy atom. The topological polar surface area (TPSA) is 41.6 Å². The maximum absolute atomic E-state index is 5.32. The van der Waals surface area contributed by atoms with Crippen molar-refractivity contribution in [2.24, 2.45) is 0 Å². The summed E-state index contributed by atoms with van der Waals surface area (Å²) in [6.45, 7) is 6.14. The molecule has 0 bridgehead atoms. The highest BCUT2D eigenvalue weighted by Gasteiger charge is 2.07. The van der Waals surface area contributed by atoms with Crippen LogP contribution < -0.4 is 0 Å². The number of aromatic nitrogens is 3. The van der Waals surface area contributed by atoms with Gasteiger partial charge in [0.2, 0.25) is 0 Å². The van der Waals surface area contributed by atoms with Crippen molar-refractivity contribution in [1.82, 2.24) is 15.0 Å². The second kappa shape index (κ2) is 4.75. The molecule has 0 saturated heterocycles. The maximum Gasteiger partial charge on any atom is 0.139 e. The molecule has 2 rings (SSSR count). The van der Waals surface area contributed by atoms with Crippen LogP contribution in [-0.4, -0.2) is 15.0 Å². The van der Waals surface area contributed by atoms with Gasteiger partial charge in [0.15, 0.2) is 0 Å². The number of aryl methyl sites for hydroxylation is 2. The molecule has 2 heterocycles. The lowest BCUT2D eigenvalue weighted by Crippen LogP contribution is -2.00. The van der Waals surface area contributed by atoms with Gasteiger partial charge in [-0.05, 0) is 31.9 Å². The van der Waals surface area contributed by atoms with Crippen LogP contribution in [0.3, 0.4) is 0 Å². The molecule has 0 aliphatic carbocycles. The van der Waals surface area contributed by atoms with Gasteiger partial charge >= 0.3 is 0 Å². The first-order valence-electron chi connectivity index (χ1n) is 5.64. The highest BCUT2D eigenvalue weighted by atomic mass is 32.1. The van der Waals surface area contributed by atoms with Gasteiger partial charge in [0.05, 0.1) is 0 Å². The second-order valence-electron chi connectivity index (χ2n) is 4.04. The minimum atomic E-state index is 0.690. The fourth-order valence-corrected chi connectivity index (χ4v) is 2.28. The minimum absolute atomic E-state index is 0.690. The third-order valence-electron chi connectivity index (χ3n) is 2.86. The smallest absolute Gasteiger partial charge is 0.139 e. The molecule has 17 heavy (non-hydrogen) atoms. The van der Waals surface area contributed by atoms with Gasteiger partial charge in [-0.2, -0.15) is 0 Å². The van der Waals surface area contributed by atoms with Crippen LogP contribution in [0.1, 0.15) is 23.7 Å². The normalized spacial score (nSPS) is 10.5. The summed E-state index contributed by atoms with van der Waals surface area (Å²) in [6, 6.07) is 1.95. The van der Waals surface area contributed by atoms with Crippen molar-refractivity contribution < 1.29 is 0 Å². The van der Waals surface area contributed by atoms with Crippen LogP contribution in [0, 0.1) is 18.5 Å². The highest BCUT2D eigenvalue weighted by Crippen LogP contribution is 2.20. The van der Waals surface area contributed by atoms with Gasteiger partial charge in [0, 0.05) is 29.2 Å². The Labute approximate surface area is 106 Å². The Hall–Kier alpha value is -1.55. The van der Waals surface area contributed by atoms with Gasteiger partial charge < -0.3 is 4.98 Å². The molecule has 2 aromatic heterocycles. The van der Waals surface area contributed by atoms with Crippen molar-refractivity contribution in [3.8, 4) is 11.4 Å². The van der Waals surface area contributed by atoms with Crippen molar-refractivity contribution in [2.45, 2.75) is 27.2 Å². The van der Waals surface area contributed by atoms with E-state index in [1.807, 2.05) is 26.1 Å². The molecule has 3 nitrogen and oxygen atoms in total. The van der Waals surface area contributed by atoms with E-state index in [-0.39, 0.29) is 0 Å². The lowest BCUT2D eigenvalue weighted by Gasteiger charge is -2.09. The Bertz CT molecular complexity index is 602. The van der Waals surface area contributed by atoms with Crippen molar-refractivity contribution >= 4 is 12.2 Å². The number of hydrogen-bond acceptors (Lipinski definition) is 3. The van der Waals surface area contributed by atoms with E-state index in [0.29, 0.717) is 4.64 Å². The van der Waals surface area contributed by atoms with Gasteiger partial charge in [0.1, 0.15) is 10.5 Å². The summed E-state index contributed by atoms with van der Waals surface area (Å²) >= 11 is 5.32. The molecule has 0 atom stereocenters. The molecule has 0 unspecified atom stereocenters. The van der Waals surface area contributed by atoms with Crippen LogP contribution in [0.5, 0.6) is 0 Å². The van der Waals surface area contributed by atoms with Gasteiger partial charge in [-0.25, -0.2) is 4.98 Å². The number of hydrogen-bond donors (Lipinski definition) is 1. The number of rotatable bonds is 2. The molecule has 0 radical (unpaired) electrons. The molecule has 0 aliphatic heterocycles. The van der Waals surface area contributed by atoms with Gasteiger partial charge in [-0.1, -0.05) is 19.1 Å². The van der Waals surface area contributed by atoms with E-state index in [1.165, 1.54) is 0 Å². The molecule has 0 aliphatic rings. The molecular weight excluding hydrogens is 230 g/mol. The first-order valence-corrected chi connectivity index (χ1v) is 6.05. The monoisotopic (exact) mass is 245 g/mol. The summed E-state index contributed by atoms with van der Waals surface area (Å²) < 4.78 is 0.690. The van der Waals surface area contributed by atoms with Crippen LogP contribution in [0.2, 0.25) is 0 Å². The predicted molar refractivity (Wildman–Crippen MR) is 71.5 cm³/mol.